The molecule has 0 fully saturated rings. The van der Waals surface area contributed by atoms with Gasteiger partial charge in [0.05, 0.1) is 0 Å². The summed E-state index contributed by atoms with van der Waals surface area (Å²) in [5.41, 5.74) is 5.38. The number of benzene rings is 2. The zero-order valence-electron chi connectivity index (χ0n) is 15.3. The maximum absolute atomic E-state index is 2.35. The highest BCUT2D eigenvalue weighted by atomic mass is 14.0. The van der Waals surface area contributed by atoms with E-state index >= 15 is 0 Å². The fraction of sp³-hybridized carbons (Fsp3) is 0.333. The molecule has 126 valence electrons. The quantitative estimate of drug-likeness (QED) is 0.450. The predicted octanol–water partition coefficient (Wildman–Crippen LogP) is 7.22. The Kier molecular flexibility index (Phi) is 7.55. The SMILES string of the molecule is CC(C)=CCCC(C)CC=CCc1ccc(-c2ccccc2)cc1. The van der Waals surface area contributed by atoms with E-state index < -0.39 is 0 Å². The van der Waals surface area contributed by atoms with Crippen LogP contribution in [0.1, 0.15) is 45.6 Å². The van der Waals surface area contributed by atoms with E-state index in [1.54, 1.807) is 0 Å². The van der Waals surface area contributed by atoms with Crippen molar-refractivity contribution >= 4 is 0 Å². The van der Waals surface area contributed by atoms with E-state index in [2.05, 4.69) is 93.6 Å². The number of rotatable bonds is 8. The third kappa shape index (κ3) is 6.58. The molecule has 0 radical (unpaired) electrons. The Morgan fingerprint density at radius 3 is 2.21 bits per heavy atom. The highest BCUT2D eigenvalue weighted by Crippen LogP contribution is 2.19. The van der Waals surface area contributed by atoms with E-state index in [0.717, 1.165) is 12.3 Å². The first-order valence-electron chi connectivity index (χ1n) is 9.08. The second-order valence-electron chi connectivity index (χ2n) is 6.94. The lowest BCUT2D eigenvalue weighted by Crippen LogP contribution is -1.91. The summed E-state index contributed by atoms with van der Waals surface area (Å²) < 4.78 is 0. The van der Waals surface area contributed by atoms with Gasteiger partial charge in [-0.05, 0) is 62.1 Å². The van der Waals surface area contributed by atoms with Crippen molar-refractivity contribution in [2.75, 3.05) is 0 Å². The van der Waals surface area contributed by atoms with Crippen LogP contribution in [0.2, 0.25) is 0 Å². The molecule has 0 heterocycles. The molecule has 0 saturated carbocycles. The number of hydrogen-bond acceptors (Lipinski definition) is 0. The summed E-state index contributed by atoms with van der Waals surface area (Å²) >= 11 is 0. The smallest absolute Gasteiger partial charge is 0.00974 e. The first-order chi connectivity index (χ1) is 11.6. The zero-order valence-corrected chi connectivity index (χ0v) is 15.3. The molecule has 2 aromatic carbocycles. The van der Waals surface area contributed by atoms with Gasteiger partial charge < -0.3 is 0 Å². The van der Waals surface area contributed by atoms with E-state index in [4.69, 9.17) is 0 Å². The molecule has 0 nitrogen and oxygen atoms in total. The minimum atomic E-state index is 0.761. The Morgan fingerprint density at radius 1 is 0.875 bits per heavy atom. The standard InChI is InChI=1S/C24H30/c1-20(2)10-9-12-21(3)11-7-8-13-22-16-18-24(19-17-22)23-14-5-4-6-15-23/h4-8,10,14-19,21H,9,11-13H2,1-3H3. The van der Waals surface area contributed by atoms with E-state index in [-0.39, 0.29) is 0 Å². The average molecular weight is 319 g/mol. The van der Waals surface area contributed by atoms with Crippen LogP contribution in [0.5, 0.6) is 0 Å². The Bertz CT molecular complexity index is 640. The van der Waals surface area contributed by atoms with Gasteiger partial charge in [-0.2, -0.15) is 0 Å². The molecule has 0 aliphatic heterocycles. The fourth-order valence-electron chi connectivity index (χ4n) is 2.79. The van der Waals surface area contributed by atoms with Gasteiger partial charge in [0.1, 0.15) is 0 Å². The topological polar surface area (TPSA) is 0 Å². The Morgan fingerprint density at radius 2 is 1.54 bits per heavy atom. The third-order valence-corrected chi connectivity index (χ3v) is 4.33. The van der Waals surface area contributed by atoms with Crippen molar-refractivity contribution < 1.29 is 0 Å². The summed E-state index contributed by atoms with van der Waals surface area (Å²) in [5.74, 6) is 0.761. The van der Waals surface area contributed by atoms with E-state index in [9.17, 15) is 0 Å². The monoisotopic (exact) mass is 318 g/mol. The maximum atomic E-state index is 2.35. The van der Waals surface area contributed by atoms with Crippen molar-refractivity contribution in [2.24, 2.45) is 5.92 Å². The molecule has 0 aliphatic rings. The van der Waals surface area contributed by atoms with Crippen molar-refractivity contribution in [2.45, 2.75) is 46.5 Å². The summed E-state index contributed by atoms with van der Waals surface area (Å²) in [7, 11) is 0. The summed E-state index contributed by atoms with van der Waals surface area (Å²) in [4.78, 5) is 0. The van der Waals surface area contributed by atoms with Crippen LogP contribution in [0.3, 0.4) is 0 Å². The van der Waals surface area contributed by atoms with Gasteiger partial charge in [0, 0.05) is 0 Å². The van der Waals surface area contributed by atoms with Crippen LogP contribution in [0.4, 0.5) is 0 Å². The highest BCUT2D eigenvalue weighted by Gasteiger charge is 1.99. The Balaban J connectivity index is 1.77. The summed E-state index contributed by atoms with van der Waals surface area (Å²) in [6.07, 6.45) is 11.7. The number of hydrogen-bond donors (Lipinski definition) is 0. The molecule has 0 aromatic heterocycles. The molecule has 0 amide bonds. The van der Waals surface area contributed by atoms with Gasteiger partial charge in [0.15, 0.2) is 0 Å². The predicted molar refractivity (Wildman–Crippen MR) is 107 cm³/mol. The lowest BCUT2D eigenvalue weighted by molar-refractivity contribution is 0.545. The number of allylic oxidation sites excluding steroid dienone is 4. The van der Waals surface area contributed by atoms with Crippen molar-refractivity contribution in [1.82, 2.24) is 0 Å². The summed E-state index contributed by atoms with van der Waals surface area (Å²) in [5, 5.41) is 0. The maximum Gasteiger partial charge on any atom is -0.00974 e. The van der Waals surface area contributed by atoms with Gasteiger partial charge in [0.2, 0.25) is 0 Å². The summed E-state index contributed by atoms with van der Waals surface area (Å²) in [6.45, 7) is 6.69. The molecule has 2 aromatic rings. The van der Waals surface area contributed by atoms with Crippen molar-refractivity contribution in [3.63, 3.8) is 0 Å². The third-order valence-electron chi connectivity index (χ3n) is 4.33. The largest absolute Gasteiger partial charge is 0.0879 e. The van der Waals surface area contributed by atoms with E-state index in [1.807, 2.05) is 0 Å². The molecule has 1 atom stereocenters. The minimum absolute atomic E-state index is 0.761. The first kappa shape index (κ1) is 18.3. The van der Waals surface area contributed by atoms with Crippen molar-refractivity contribution in [3.05, 3.63) is 84.0 Å². The lowest BCUT2D eigenvalue weighted by Gasteiger charge is -2.06. The second kappa shape index (κ2) is 9.93. The van der Waals surface area contributed by atoms with Crippen LogP contribution in [0.25, 0.3) is 11.1 Å². The van der Waals surface area contributed by atoms with Crippen LogP contribution < -0.4 is 0 Å². The van der Waals surface area contributed by atoms with Gasteiger partial charge in [-0.1, -0.05) is 85.3 Å². The van der Waals surface area contributed by atoms with E-state index in [0.29, 0.717) is 0 Å². The van der Waals surface area contributed by atoms with Gasteiger partial charge in [-0.3, -0.25) is 0 Å². The van der Waals surface area contributed by atoms with Crippen molar-refractivity contribution in [1.29, 1.82) is 0 Å². The molecule has 0 bridgehead atoms. The van der Waals surface area contributed by atoms with Crippen molar-refractivity contribution in [3.8, 4) is 11.1 Å². The molecule has 2 rings (SSSR count). The second-order valence-corrected chi connectivity index (χ2v) is 6.94. The molecule has 0 spiro atoms. The normalized spacial score (nSPS) is 12.3. The van der Waals surface area contributed by atoms with Gasteiger partial charge >= 0.3 is 0 Å². The minimum Gasteiger partial charge on any atom is -0.0879 e. The van der Waals surface area contributed by atoms with Gasteiger partial charge in [-0.25, -0.2) is 0 Å². The van der Waals surface area contributed by atoms with E-state index in [1.165, 1.54) is 41.5 Å². The average Bonchev–Trinajstić information content (AvgIpc) is 2.60. The molecule has 0 N–H and O–H groups in total. The Hall–Kier alpha value is -2.08. The molecular formula is C24H30. The van der Waals surface area contributed by atoms with Crippen LogP contribution in [-0.2, 0) is 6.42 Å². The molecule has 0 heteroatoms. The van der Waals surface area contributed by atoms with Crippen LogP contribution in [0.15, 0.2) is 78.4 Å². The van der Waals surface area contributed by atoms with Crippen LogP contribution >= 0.6 is 0 Å². The molecule has 0 saturated heterocycles. The highest BCUT2D eigenvalue weighted by molar-refractivity contribution is 5.63. The van der Waals surface area contributed by atoms with Crippen LogP contribution in [-0.4, -0.2) is 0 Å². The summed E-state index contributed by atoms with van der Waals surface area (Å²) in [6, 6.07) is 19.5. The zero-order chi connectivity index (χ0) is 17.2. The molecule has 0 aliphatic carbocycles. The van der Waals surface area contributed by atoms with Crippen LogP contribution in [0, 0.1) is 5.92 Å². The Labute approximate surface area is 147 Å². The first-order valence-corrected chi connectivity index (χ1v) is 9.08. The molecule has 1 unspecified atom stereocenters. The van der Waals surface area contributed by atoms with Gasteiger partial charge in [-0.15, -0.1) is 0 Å². The lowest BCUT2D eigenvalue weighted by atomic mass is 10.00. The van der Waals surface area contributed by atoms with Gasteiger partial charge in [0.25, 0.3) is 0 Å². The fourth-order valence-corrected chi connectivity index (χ4v) is 2.79. The molecular weight excluding hydrogens is 288 g/mol. The molecule has 24 heavy (non-hydrogen) atoms.